The number of nitrogens with zero attached hydrogens (tertiary/aromatic N) is 2. The van der Waals surface area contributed by atoms with Gasteiger partial charge in [0.2, 0.25) is 0 Å². The molecule has 1 aromatic heterocycles. The highest BCUT2D eigenvalue weighted by atomic mass is 16.5. The number of esters is 1. The summed E-state index contributed by atoms with van der Waals surface area (Å²) in [6, 6.07) is 0. The summed E-state index contributed by atoms with van der Waals surface area (Å²) in [7, 11) is 2.08. The summed E-state index contributed by atoms with van der Waals surface area (Å²) in [4.78, 5) is 21.2. The van der Waals surface area contributed by atoms with Gasteiger partial charge in [0, 0.05) is 19.5 Å². The fourth-order valence-corrected chi connectivity index (χ4v) is 1.92. The van der Waals surface area contributed by atoms with Gasteiger partial charge >= 0.3 is 5.97 Å². The quantitative estimate of drug-likeness (QED) is 0.758. The Morgan fingerprint density at radius 3 is 3.19 bits per heavy atom. The molecule has 0 saturated carbocycles. The second kappa shape index (κ2) is 4.65. The lowest BCUT2D eigenvalue weighted by molar-refractivity contribution is -0.142. The third-order valence-corrected chi connectivity index (χ3v) is 2.69. The maximum Gasteiger partial charge on any atom is 0.313 e. The van der Waals surface area contributed by atoms with Crippen LogP contribution >= 0.6 is 0 Å². The van der Waals surface area contributed by atoms with Gasteiger partial charge in [0.25, 0.3) is 0 Å². The van der Waals surface area contributed by atoms with Crippen LogP contribution in [0.25, 0.3) is 0 Å². The SMILES string of the molecule is CCOC(=O)Cc1nc2c([nH]1)CN(C)CC2. The monoisotopic (exact) mass is 223 g/mol. The molecule has 1 N–H and O–H groups in total. The normalized spacial score (nSPS) is 15.9. The van der Waals surface area contributed by atoms with E-state index in [-0.39, 0.29) is 12.4 Å². The first-order valence-corrected chi connectivity index (χ1v) is 5.60. The van der Waals surface area contributed by atoms with Gasteiger partial charge in [0.05, 0.1) is 18.0 Å². The van der Waals surface area contributed by atoms with Crippen molar-refractivity contribution in [2.75, 3.05) is 20.2 Å². The van der Waals surface area contributed by atoms with Crippen LogP contribution in [0.5, 0.6) is 0 Å². The van der Waals surface area contributed by atoms with E-state index in [1.54, 1.807) is 6.92 Å². The molecule has 0 amide bonds. The zero-order valence-corrected chi connectivity index (χ0v) is 9.75. The molecule has 1 aromatic rings. The molecule has 0 spiro atoms. The molecule has 1 aliphatic heterocycles. The highest BCUT2D eigenvalue weighted by Gasteiger charge is 2.18. The van der Waals surface area contributed by atoms with Crippen molar-refractivity contribution in [3.8, 4) is 0 Å². The zero-order chi connectivity index (χ0) is 11.5. The molecule has 16 heavy (non-hydrogen) atoms. The van der Waals surface area contributed by atoms with Gasteiger partial charge in [-0.05, 0) is 14.0 Å². The molecule has 1 aliphatic rings. The first kappa shape index (κ1) is 11.1. The Balaban J connectivity index is 2.04. The number of rotatable bonds is 3. The second-order valence-electron chi connectivity index (χ2n) is 4.08. The first-order chi connectivity index (χ1) is 7.69. The number of carbonyl (C=O) groups is 1. The van der Waals surface area contributed by atoms with E-state index >= 15 is 0 Å². The predicted octanol–water partition coefficient (Wildman–Crippen LogP) is 0.503. The van der Waals surface area contributed by atoms with Crippen LogP contribution in [0.3, 0.4) is 0 Å². The molecule has 5 heteroatoms. The van der Waals surface area contributed by atoms with Gasteiger partial charge in [-0.3, -0.25) is 4.79 Å². The van der Waals surface area contributed by atoms with Crippen molar-refractivity contribution in [3.63, 3.8) is 0 Å². The average molecular weight is 223 g/mol. The molecule has 0 bridgehead atoms. The van der Waals surface area contributed by atoms with Crippen molar-refractivity contribution >= 4 is 5.97 Å². The van der Waals surface area contributed by atoms with Gasteiger partial charge < -0.3 is 14.6 Å². The Hall–Kier alpha value is -1.36. The van der Waals surface area contributed by atoms with E-state index in [2.05, 4.69) is 21.9 Å². The number of likely N-dealkylation sites (N-methyl/N-ethyl adjacent to an activating group) is 1. The fraction of sp³-hybridized carbons (Fsp3) is 0.636. The van der Waals surface area contributed by atoms with Crippen LogP contribution in [-0.2, 0) is 28.9 Å². The number of aromatic nitrogens is 2. The van der Waals surface area contributed by atoms with Gasteiger partial charge in [0.1, 0.15) is 12.2 Å². The number of nitrogens with one attached hydrogen (secondary N) is 1. The lowest BCUT2D eigenvalue weighted by Gasteiger charge is -2.20. The lowest BCUT2D eigenvalue weighted by Crippen LogP contribution is -2.26. The number of hydrogen-bond donors (Lipinski definition) is 1. The van der Waals surface area contributed by atoms with Crippen molar-refractivity contribution in [1.82, 2.24) is 14.9 Å². The minimum absolute atomic E-state index is 0.220. The van der Waals surface area contributed by atoms with Crippen molar-refractivity contribution in [2.24, 2.45) is 0 Å². The van der Waals surface area contributed by atoms with Crippen LogP contribution in [0.1, 0.15) is 24.1 Å². The summed E-state index contributed by atoms with van der Waals surface area (Å²) in [6.07, 6.45) is 1.19. The molecular weight excluding hydrogens is 206 g/mol. The number of hydrogen-bond acceptors (Lipinski definition) is 4. The maximum atomic E-state index is 11.3. The largest absolute Gasteiger partial charge is 0.466 e. The Labute approximate surface area is 94.8 Å². The Morgan fingerprint density at radius 1 is 1.62 bits per heavy atom. The van der Waals surface area contributed by atoms with Gasteiger partial charge in [-0.2, -0.15) is 0 Å². The summed E-state index contributed by atoms with van der Waals surface area (Å²) in [5, 5.41) is 0. The van der Waals surface area contributed by atoms with E-state index in [1.165, 1.54) is 0 Å². The molecule has 0 atom stereocenters. The van der Waals surface area contributed by atoms with E-state index in [0.717, 1.165) is 36.7 Å². The predicted molar refractivity (Wildman–Crippen MR) is 59.0 cm³/mol. The molecule has 0 aliphatic carbocycles. The molecule has 2 rings (SSSR count). The summed E-state index contributed by atoms with van der Waals surface area (Å²) >= 11 is 0. The number of imidazole rings is 1. The number of H-pyrrole nitrogens is 1. The van der Waals surface area contributed by atoms with E-state index < -0.39 is 0 Å². The second-order valence-corrected chi connectivity index (χ2v) is 4.08. The van der Waals surface area contributed by atoms with Crippen LogP contribution in [0.15, 0.2) is 0 Å². The van der Waals surface area contributed by atoms with Crippen molar-refractivity contribution in [1.29, 1.82) is 0 Å². The molecule has 88 valence electrons. The number of carbonyl (C=O) groups excluding carboxylic acids is 1. The summed E-state index contributed by atoms with van der Waals surface area (Å²) in [6.45, 7) is 4.13. The van der Waals surface area contributed by atoms with E-state index in [0.29, 0.717) is 6.61 Å². The summed E-state index contributed by atoms with van der Waals surface area (Å²) < 4.78 is 4.89. The topological polar surface area (TPSA) is 58.2 Å². The van der Waals surface area contributed by atoms with Crippen molar-refractivity contribution < 1.29 is 9.53 Å². The maximum absolute atomic E-state index is 11.3. The lowest BCUT2D eigenvalue weighted by atomic mass is 10.2. The molecule has 0 saturated heterocycles. The fourth-order valence-electron chi connectivity index (χ4n) is 1.92. The molecule has 2 heterocycles. The molecule has 5 nitrogen and oxygen atoms in total. The summed E-state index contributed by atoms with van der Waals surface area (Å²) in [5.74, 6) is 0.501. The third kappa shape index (κ3) is 2.41. The Kier molecular flexibility index (Phi) is 3.24. The smallest absolute Gasteiger partial charge is 0.313 e. The Bertz CT molecular complexity index is 387. The van der Waals surface area contributed by atoms with Crippen LogP contribution in [-0.4, -0.2) is 41.0 Å². The number of fused-ring (bicyclic) bond motifs is 1. The molecular formula is C11H17N3O2. The van der Waals surface area contributed by atoms with Crippen LogP contribution in [0.2, 0.25) is 0 Å². The molecule has 0 radical (unpaired) electrons. The zero-order valence-electron chi connectivity index (χ0n) is 9.75. The number of ether oxygens (including phenoxy) is 1. The van der Waals surface area contributed by atoms with Gasteiger partial charge in [-0.25, -0.2) is 4.98 Å². The highest BCUT2D eigenvalue weighted by molar-refractivity contribution is 5.71. The standard InChI is InChI=1S/C11H17N3O2/c1-3-16-11(15)6-10-12-8-4-5-14(2)7-9(8)13-10/h3-7H2,1-2H3,(H,12,13). The van der Waals surface area contributed by atoms with Crippen LogP contribution in [0.4, 0.5) is 0 Å². The van der Waals surface area contributed by atoms with E-state index in [4.69, 9.17) is 4.74 Å². The number of aromatic amines is 1. The van der Waals surface area contributed by atoms with E-state index in [1.807, 2.05) is 0 Å². The molecule has 0 aromatic carbocycles. The molecule has 0 fully saturated rings. The minimum Gasteiger partial charge on any atom is -0.466 e. The van der Waals surface area contributed by atoms with Gasteiger partial charge in [0.15, 0.2) is 0 Å². The summed E-state index contributed by atoms with van der Waals surface area (Å²) in [5.41, 5.74) is 2.23. The first-order valence-electron chi connectivity index (χ1n) is 5.60. The van der Waals surface area contributed by atoms with Crippen LogP contribution < -0.4 is 0 Å². The average Bonchev–Trinajstić information content (AvgIpc) is 2.59. The minimum atomic E-state index is -0.220. The van der Waals surface area contributed by atoms with Crippen molar-refractivity contribution in [3.05, 3.63) is 17.2 Å². The third-order valence-electron chi connectivity index (χ3n) is 2.69. The van der Waals surface area contributed by atoms with Gasteiger partial charge in [-0.15, -0.1) is 0 Å². The van der Waals surface area contributed by atoms with Crippen LogP contribution in [0, 0.1) is 0 Å². The van der Waals surface area contributed by atoms with Crippen molar-refractivity contribution in [2.45, 2.75) is 26.3 Å². The van der Waals surface area contributed by atoms with Gasteiger partial charge in [-0.1, -0.05) is 0 Å². The van der Waals surface area contributed by atoms with E-state index in [9.17, 15) is 4.79 Å². The Morgan fingerprint density at radius 2 is 2.44 bits per heavy atom. The molecule has 0 unspecified atom stereocenters. The highest BCUT2D eigenvalue weighted by Crippen LogP contribution is 2.15.